The number of nitrogens with two attached hydrogens (primary N) is 1. The number of hydrogen-bond donors (Lipinski definition) is 3. The summed E-state index contributed by atoms with van der Waals surface area (Å²) in [5.74, 6) is 1.95. The second kappa shape index (κ2) is 7.03. The maximum Gasteiger partial charge on any atom is 0.156 e. The van der Waals surface area contributed by atoms with Crippen molar-refractivity contribution in [3.8, 4) is 0 Å². The fourth-order valence-electron chi connectivity index (χ4n) is 0.913. The van der Waals surface area contributed by atoms with Crippen LogP contribution in [-0.2, 0) is 0 Å². The predicted molar refractivity (Wildman–Crippen MR) is 58.4 cm³/mol. The molecule has 0 radical (unpaired) electrons. The summed E-state index contributed by atoms with van der Waals surface area (Å²) in [6, 6.07) is -0.0608. The van der Waals surface area contributed by atoms with Crippen molar-refractivity contribution in [3.05, 3.63) is 0 Å². The molecule has 0 heterocycles. The number of thioether (sulfide) groups is 1. The number of nitrogens with one attached hydrogen (secondary N) is 1. The van der Waals surface area contributed by atoms with E-state index < -0.39 is 0 Å². The quantitative estimate of drug-likeness (QED) is 0.258. The fraction of sp³-hybridized carbons (Fsp3) is 0.875. The predicted octanol–water partition coefficient (Wildman–Crippen LogP) is 0.710. The molecular weight excluding hydrogens is 186 g/mol. The highest BCUT2D eigenvalue weighted by Crippen LogP contribution is 2.02. The van der Waals surface area contributed by atoms with E-state index in [1.54, 1.807) is 0 Å². The molecule has 0 aromatic rings. The summed E-state index contributed by atoms with van der Waals surface area (Å²) in [6.07, 6.45) is 2.09. The SMILES string of the molecule is CSCC(C)CNC(C)C(N)=NO. The topological polar surface area (TPSA) is 70.6 Å². The largest absolute Gasteiger partial charge is 0.409 e. The van der Waals surface area contributed by atoms with Crippen LogP contribution >= 0.6 is 11.8 Å². The maximum absolute atomic E-state index is 8.39. The lowest BCUT2D eigenvalue weighted by Gasteiger charge is -2.15. The Morgan fingerprint density at radius 1 is 1.62 bits per heavy atom. The summed E-state index contributed by atoms with van der Waals surface area (Å²) in [6.45, 7) is 4.93. The van der Waals surface area contributed by atoms with Crippen LogP contribution in [0.1, 0.15) is 13.8 Å². The molecule has 2 unspecified atom stereocenters. The summed E-state index contributed by atoms with van der Waals surface area (Å²) >= 11 is 1.82. The highest BCUT2D eigenvalue weighted by Gasteiger charge is 2.08. The Bertz CT molecular complexity index is 163. The van der Waals surface area contributed by atoms with E-state index in [4.69, 9.17) is 10.9 Å². The molecule has 0 aromatic heterocycles. The first kappa shape index (κ1) is 12.6. The molecule has 0 spiro atoms. The van der Waals surface area contributed by atoms with Crippen LogP contribution in [0.5, 0.6) is 0 Å². The van der Waals surface area contributed by atoms with Gasteiger partial charge in [0.1, 0.15) is 0 Å². The van der Waals surface area contributed by atoms with Crippen LogP contribution in [0.4, 0.5) is 0 Å². The van der Waals surface area contributed by atoms with Crippen LogP contribution in [0, 0.1) is 5.92 Å². The van der Waals surface area contributed by atoms with Crippen LogP contribution in [0.2, 0.25) is 0 Å². The van der Waals surface area contributed by atoms with Gasteiger partial charge in [-0.15, -0.1) is 0 Å². The Kier molecular flexibility index (Phi) is 6.80. The Hall–Kier alpha value is -0.420. The van der Waals surface area contributed by atoms with Gasteiger partial charge in [-0.2, -0.15) is 11.8 Å². The van der Waals surface area contributed by atoms with E-state index in [1.807, 2.05) is 18.7 Å². The lowest BCUT2D eigenvalue weighted by molar-refractivity contribution is 0.314. The molecule has 0 aliphatic carbocycles. The number of amidine groups is 1. The van der Waals surface area contributed by atoms with Gasteiger partial charge < -0.3 is 16.3 Å². The number of nitrogens with zero attached hydrogens (tertiary/aromatic N) is 1. The second-order valence-corrected chi connectivity index (χ2v) is 4.13. The first-order chi connectivity index (χ1) is 6.11. The zero-order valence-electron chi connectivity index (χ0n) is 8.45. The molecule has 0 aliphatic rings. The van der Waals surface area contributed by atoms with Crippen molar-refractivity contribution in [2.75, 3.05) is 18.6 Å². The summed E-state index contributed by atoms with van der Waals surface area (Å²) in [5, 5.41) is 14.5. The fourth-order valence-corrected chi connectivity index (χ4v) is 1.60. The summed E-state index contributed by atoms with van der Waals surface area (Å²) < 4.78 is 0. The molecule has 5 heteroatoms. The van der Waals surface area contributed by atoms with Gasteiger partial charge in [-0.05, 0) is 31.4 Å². The minimum absolute atomic E-state index is 0.0608. The van der Waals surface area contributed by atoms with Crippen molar-refractivity contribution in [2.24, 2.45) is 16.8 Å². The monoisotopic (exact) mass is 205 g/mol. The molecule has 0 amide bonds. The number of oxime groups is 1. The van der Waals surface area contributed by atoms with E-state index >= 15 is 0 Å². The van der Waals surface area contributed by atoms with Crippen LogP contribution in [0.3, 0.4) is 0 Å². The second-order valence-electron chi connectivity index (χ2n) is 3.22. The van der Waals surface area contributed by atoms with Gasteiger partial charge in [0.25, 0.3) is 0 Å². The van der Waals surface area contributed by atoms with Crippen LogP contribution in [0.25, 0.3) is 0 Å². The summed E-state index contributed by atoms with van der Waals surface area (Å²) in [5.41, 5.74) is 5.41. The molecule has 4 nitrogen and oxygen atoms in total. The normalized spacial score (nSPS) is 17.0. The van der Waals surface area contributed by atoms with E-state index in [9.17, 15) is 0 Å². The molecule has 0 bridgehead atoms. The molecule has 0 rings (SSSR count). The molecule has 0 fully saturated rings. The Labute approximate surface area is 84.0 Å². The number of rotatable bonds is 6. The van der Waals surface area contributed by atoms with E-state index in [2.05, 4.69) is 23.7 Å². The lowest BCUT2D eigenvalue weighted by Crippen LogP contribution is -2.41. The first-order valence-corrected chi connectivity index (χ1v) is 5.71. The zero-order valence-corrected chi connectivity index (χ0v) is 9.27. The van der Waals surface area contributed by atoms with Gasteiger partial charge in [-0.3, -0.25) is 0 Å². The smallest absolute Gasteiger partial charge is 0.156 e. The van der Waals surface area contributed by atoms with Crippen molar-refractivity contribution < 1.29 is 5.21 Å². The van der Waals surface area contributed by atoms with Gasteiger partial charge in [0, 0.05) is 0 Å². The minimum atomic E-state index is -0.0608. The zero-order chi connectivity index (χ0) is 10.3. The molecule has 4 N–H and O–H groups in total. The van der Waals surface area contributed by atoms with E-state index in [-0.39, 0.29) is 11.9 Å². The number of hydrogen-bond acceptors (Lipinski definition) is 4. The van der Waals surface area contributed by atoms with Gasteiger partial charge in [-0.1, -0.05) is 12.1 Å². The third-order valence-corrected chi connectivity index (χ3v) is 2.69. The maximum atomic E-state index is 8.39. The molecule has 0 saturated carbocycles. The summed E-state index contributed by atoms with van der Waals surface area (Å²) in [7, 11) is 0. The Balaban J connectivity index is 3.63. The van der Waals surface area contributed by atoms with Gasteiger partial charge >= 0.3 is 0 Å². The molecular formula is C8H19N3OS. The summed E-state index contributed by atoms with van der Waals surface area (Å²) in [4.78, 5) is 0. The molecule has 13 heavy (non-hydrogen) atoms. The van der Waals surface area contributed by atoms with E-state index in [0.29, 0.717) is 5.92 Å². The third kappa shape index (κ3) is 5.76. The molecule has 0 saturated heterocycles. The van der Waals surface area contributed by atoms with Crippen molar-refractivity contribution in [3.63, 3.8) is 0 Å². The Morgan fingerprint density at radius 3 is 2.69 bits per heavy atom. The molecule has 0 aliphatic heterocycles. The van der Waals surface area contributed by atoms with Gasteiger partial charge in [0.15, 0.2) is 5.84 Å². The molecule has 78 valence electrons. The molecule has 0 aromatic carbocycles. The average Bonchev–Trinajstić information content (AvgIpc) is 2.13. The third-order valence-electron chi connectivity index (χ3n) is 1.78. The van der Waals surface area contributed by atoms with Crippen molar-refractivity contribution in [1.29, 1.82) is 0 Å². The Morgan fingerprint density at radius 2 is 2.23 bits per heavy atom. The minimum Gasteiger partial charge on any atom is -0.409 e. The van der Waals surface area contributed by atoms with Gasteiger partial charge in [-0.25, -0.2) is 0 Å². The molecule has 2 atom stereocenters. The van der Waals surface area contributed by atoms with Crippen molar-refractivity contribution in [1.82, 2.24) is 5.32 Å². The van der Waals surface area contributed by atoms with E-state index in [0.717, 1.165) is 12.3 Å². The standard InChI is InChI=1S/C8H19N3OS/c1-6(5-13-3)4-10-7(2)8(9)11-12/h6-7,10,12H,4-5H2,1-3H3,(H2,9,11). The van der Waals surface area contributed by atoms with Crippen LogP contribution < -0.4 is 11.1 Å². The van der Waals surface area contributed by atoms with Crippen molar-refractivity contribution >= 4 is 17.6 Å². The highest BCUT2D eigenvalue weighted by atomic mass is 32.2. The first-order valence-electron chi connectivity index (χ1n) is 4.31. The average molecular weight is 205 g/mol. The van der Waals surface area contributed by atoms with Gasteiger partial charge in [0.05, 0.1) is 6.04 Å². The van der Waals surface area contributed by atoms with E-state index in [1.165, 1.54) is 0 Å². The van der Waals surface area contributed by atoms with Crippen LogP contribution in [-0.4, -0.2) is 35.6 Å². The van der Waals surface area contributed by atoms with Crippen molar-refractivity contribution in [2.45, 2.75) is 19.9 Å². The van der Waals surface area contributed by atoms with Gasteiger partial charge in [0.2, 0.25) is 0 Å². The highest BCUT2D eigenvalue weighted by molar-refractivity contribution is 7.98. The lowest BCUT2D eigenvalue weighted by atomic mass is 10.2. The van der Waals surface area contributed by atoms with Crippen LogP contribution in [0.15, 0.2) is 5.16 Å².